The number of benzene rings is 2. The quantitative estimate of drug-likeness (QED) is 0.849. The summed E-state index contributed by atoms with van der Waals surface area (Å²) in [5.74, 6) is -1.57. The Bertz CT molecular complexity index is 858. The number of fused-ring (bicyclic) bond motifs is 1. The molecule has 1 N–H and O–H groups in total. The normalized spacial score (nSPS) is 13.7. The molecule has 1 heterocycles. The molecule has 0 spiro atoms. The van der Waals surface area contributed by atoms with Gasteiger partial charge in [-0.25, -0.2) is 0 Å². The molecule has 2 aromatic rings. The number of nitrogens with one attached hydrogen (secondary N) is 1. The van der Waals surface area contributed by atoms with Crippen molar-refractivity contribution in [1.82, 2.24) is 4.90 Å². The molecular formula is C18H13F3N2O3. The monoisotopic (exact) mass is 362 g/mol. The Morgan fingerprint density at radius 2 is 1.58 bits per heavy atom. The van der Waals surface area contributed by atoms with Gasteiger partial charge in [-0.2, -0.15) is 13.2 Å². The van der Waals surface area contributed by atoms with Crippen LogP contribution in [-0.2, 0) is 11.0 Å². The molecule has 3 rings (SSSR count). The van der Waals surface area contributed by atoms with Crippen LogP contribution in [0.4, 0.5) is 18.9 Å². The maximum absolute atomic E-state index is 12.7. The smallest absolute Gasteiger partial charge is 0.326 e. The molecule has 0 saturated heterocycles. The second-order valence-corrected chi connectivity index (χ2v) is 5.68. The highest BCUT2D eigenvalue weighted by molar-refractivity contribution is 6.21. The molecule has 0 aliphatic carbocycles. The highest BCUT2D eigenvalue weighted by Gasteiger charge is 2.35. The molecule has 26 heavy (non-hydrogen) atoms. The van der Waals surface area contributed by atoms with Crippen LogP contribution in [0.1, 0.15) is 32.7 Å². The second-order valence-electron chi connectivity index (χ2n) is 5.68. The largest absolute Gasteiger partial charge is 0.416 e. The SMILES string of the molecule is O=C(CCN1C(=O)c2ccccc2C1=O)Nc1cccc(C(F)(F)F)c1. The molecule has 0 saturated carbocycles. The van der Waals surface area contributed by atoms with Gasteiger partial charge in [0.15, 0.2) is 0 Å². The van der Waals surface area contributed by atoms with Crippen LogP contribution in [0.5, 0.6) is 0 Å². The van der Waals surface area contributed by atoms with E-state index in [0.29, 0.717) is 0 Å². The summed E-state index contributed by atoms with van der Waals surface area (Å²) in [7, 11) is 0. The van der Waals surface area contributed by atoms with Gasteiger partial charge in [-0.1, -0.05) is 18.2 Å². The number of nitrogens with zero attached hydrogens (tertiary/aromatic N) is 1. The summed E-state index contributed by atoms with van der Waals surface area (Å²) in [4.78, 5) is 37.3. The molecule has 8 heteroatoms. The number of hydrogen-bond acceptors (Lipinski definition) is 3. The Hall–Kier alpha value is -3.16. The minimum absolute atomic E-state index is 0.00724. The first-order chi connectivity index (χ1) is 12.3. The van der Waals surface area contributed by atoms with Gasteiger partial charge in [0.05, 0.1) is 16.7 Å². The summed E-state index contributed by atoms with van der Waals surface area (Å²) in [6.07, 6.45) is -4.73. The van der Waals surface area contributed by atoms with Crippen LogP contribution in [0.25, 0.3) is 0 Å². The van der Waals surface area contributed by atoms with Gasteiger partial charge in [-0.05, 0) is 30.3 Å². The summed E-state index contributed by atoms with van der Waals surface area (Å²) in [5, 5.41) is 2.34. The molecule has 0 unspecified atom stereocenters. The van der Waals surface area contributed by atoms with Crippen molar-refractivity contribution >= 4 is 23.4 Å². The summed E-state index contributed by atoms with van der Waals surface area (Å²) in [6.45, 7) is -0.156. The number of carbonyl (C=O) groups is 3. The Labute approximate surface area is 146 Å². The molecule has 3 amide bonds. The van der Waals surface area contributed by atoms with E-state index < -0.39 is 29.5 Å². The Morgan fingerprint density at radius 1 is 0.962 bits per heavy atom. The lowest BCUT2D eigenvalue weighted by Crippen LogP contribution is -2.32. The fourth-order valence-electron chi connectivity index (χ4n) is 2.65. The van der Waals surface area contributed by atoms with Crippen molar-refractivity contribution in [2.24, 2.45) is 0 Å². The van der Waals surface area contributed by atoms with E-state index in [0.717, 1.165) is 17.0 Å². The van der Waals surface area contributed by atoms with Crippen molar-refractivity contribution < 1.29 is 27.6 Å². The van der Waals surface area contributed by atoms with E-state index >= 15 is 0 Å². The third-order valence-corrected chi connectivity index (χ3v) is 3.91. The molecule has 0 aromatic heterocycles. The summed E-state index contributed by atoms with van der Waals surface area (Å²) >= 11 is 0. The topological polar surface area (TPSA) is 66.5 Å². The first-order valence-corrected chi connectivity index (χ1v) is 7.70. The number of amides is 3. The number of hydrogen-bond donors (Lipinski definition) is 1. The van der Waals surface area contributed by atoms with Crippen LogP contribution in [0.3, 0.4) is 0 Å². The van der Waals surface area contributed by atoms with Gasteiger partial charge in [-0.15, -0.1) is 0 Å². The summed E-state index contributed by atoms with van der Waals surface area (Å²) in [5.41, 5.74) is -0.339. The zero-order valence-electron chi connectivity index (χ0n) is 13.3. The maximum Gasteiger partial charge on any atom is 0.416 e. The third-order valence-electron chi connectivity index (χ3n) is 3.91. The van der Waals surface area contributed by atoms with Gasteiger partial charge >= 0.3 is 6.18 Å². The molecule has 0 atom stereocenters. The molecule has 134 valence electrons. The Kier molecular flexibility index (Phi) is 4.50. The van der Waals surface area contributed by atoms with Gasteiger partial charge in [0.25, 0.3) is 11.8 Å². The van der Waals surface area contributed by atoms with E-state index in [2.05, 4.69) is 5.32 Å². The maximum atomic E-state index is 12.7. The van der Waals surface area contributed by atoms with E-state index in [-0.39, 0.29) is 29.8 Å². The molecule has 1 aliphatic heterocycles. The highest BCUT2D eigenvalue weighted by Crippen LogP contribution is 2.30. The van der Waals surface area contributed by atoms with Crippen LogP contribution in [0.15, 0.2) is 48.5 Å². The Balaban J connectivity index is 1.62. The van der Waals surface area contributed by atoms with E-state index in [4.69, 9.17) is 0 Å². The first-order valence-electron chi connectivity index (χ1n) is 7.70. The lowest BCUT2D eigenvalue weighted by molar-refractivity contribution is -0.137. The van der Waals surface area contributed by atoms with Crippen LogP contribution in [-0.4, -0.2) is 29.2 Å². The van der Waals surface area contributed by atoms with Crippen molar-refractivity contribution in [1.29, 1.82) is 0 Å². The predicted octanol–water partition coefficient (Wildman–Crippen LogP) is 3.33. The van der Waals surface area contributed by atoms with Gasteiger partial charge in [0.1, 0.15) is 0 Å². The Morgan fingerprint density at radius 3 is 2.15 bits per heavy atom. The number of carbonyl (C=O) groups excluding carboxylic acids is 3. The minimum atomic E-state index is -4.51. The van der Waals surface area contributed by atoms with Crippen molar-refractivity contribution in [2.45, 2.75) is 12.6 Å². The number of imide groups is 1. The van der Waals surface area contributed by atoms with Gasteiger partial charge in [0, 0.05) is 18.7 Å². The minimum Gasteiger partial charge on any atom is -0.326 e. The number of anilines is 1. The van der Waals surface area contributed by atoms with Crippen molar-refractivity contribution in [3.05, 3.63) is 65.2 Å². The van der Waals surface area contributed by atoms with Crippen LogP contribution < -0.4 is 5.32 Å². The third kappa shape index (κ3) is 3.44. The number of rotatable bonds is 4. The average Bonchev–Trinajstić information content (AvgIpc) is 2.84. The zero-order chi connectivity index (χ0) is 18.9. The molecule has 0 fully saturated rings. The van der Waals surface area contributed by atoms with E-state index in [1.54, 1.807) is 12.1 Å². The highest BCUT2D eigenvalue weighted by atomic mass is 19.4. The van der Waals surface area contributed by atoms with Crippen molar-refractivity contribution in [3.8, 4) is 0 Å². The van der Waals surface area contributed by atoms with Crippen LogP contribution >= 0.6 is 0 Å². The van der Waals surface area contributed by atoms with Gasteiger partial charge in [-0.3, -0.25) is 19.3 Å². The standard InChI is InChI=1S/C18H13F3N2O3/c19-18(20,21)11-4-3-5-12(10-11)22-15(24)8-9-23-16(25)13-6-1-2-7-14(13)17(23)26/h1-7,10H,8-9H2,(H,22,24). The molecule has 1 aliphatic rings. The molecule has 0 radical (unpaired) electrons. The lowest BCUT2D eigenvalue weighted by Gasteiger charge is -2.14. The van der Waals surface area contributed by atoms with E-state index in [9.17, 15) is 27.6 Å². The van der Waals surface area contributed by atoms with E-state index in [1.165, 1.54) is 24.3 Å². The van der Waals surface area contributed by atoms with E-state index in [1.807, 2.05) is 0 Å². The average molecular weight is 362 g/mol. The first kappa shape index (κ1) is 17.7. The predicted molar refractivity (Wildman–Crippen MR) is 86.5 cm³/mol. The fourth-order valence-corrected chi connectivity index (χ4v) is 2.65. The molecule has 5 nitrogen and oxygen atoms in total. The molecule has 2 aromatic carbocycles. The fraction of sp³-hybridized carbons (Fsp3) is 0.167. The number of halogens is 3. The van der Waals surface area contributed by atoms with Gasteiger partial charge < -0.3 is 5.32 Å². The number of alkyl halides is 3. The van der Waals surface area contributed by atoms with Crippen LogP contribution in [0.2, 0.25) is 0 Å². The molecular weight excluding hydrogens is 349 g/mol. The molecule has 0 bridgehead atoms. The summed E-state index contributed by atoms with van der Waals surface area (Å²) in [6, 6.07) is 10.5. The lowest BCUT2D eigenvalue weighted by atomic mass is 10.1. The summed E-state index contributed by atoms with van der Waals surface area (Å²) < 4.78 is 38.0. The van der Waals surface area contributed by atoms with Crippen LogP contribution in [0, 0.1) is 0 Å². The van der Waals surface area contributed by atoms with Crippen molar-refractivity contribution in [2.75, 3.05) is 11.9 Å². The van der Waals surface area contributed by atoms with Gasteiger partial charge in [0.2, 0.25) is 5.91 Å². The second kappa shape index (κ2) is 6.62. The zero-order valence-corrected chi connectivity index (χ0v) is 13.3. The van der Waals surface area contributed by atoms with Crippen molar-refractivity contribution in [3.63, 3.8) is 0 Å².